The third kappa shape index (κ3) is 9.83. The number of carbonyl (C=O) groups excluding carboxylic acids is 4. The van der Waals surface area contributed by atoms with Crippen LogP contribution in [0, 0.1) is 5.92 Å². The molecule has 0 saturated carbocycles. The maximum Gasteiger partial charge on any atom is 0.287 e. The number of carbonyl (C=O) groups is 4. The molecule has 0 aliphatic carbocycles. The fourth-order valence-corrected chi connectivity index (χ4v) is 6.60. The molecule has 0 spiro atoms. The summed E-state index contributed by atoms with van der Waals surface area (Å²) < 4.78 is 17.2. The molecule has 4 heterocycles. The minimum absolute atomic E-state index is 0.0762. The lowest BCUT2D eigenvalue weighted by atomic mass is 10.0. The number of likely N-dealkylation sites (tertiary alicyclic amines) is 1. The minimum atomic E-state index is -0.889. The van der Waals surface area contributed by atoms with Crippen molar-refractivity contribution in [2.24, 2.45) is 5.92 Å². The van der Waals surface area contributed by atoms with E-state index in [0.717, 1.165) is 49.7 Å². The molecule has 2 fully saturated rings. The minimum Gasteiger partial charge on any atom is -0.492 e. The molecule has 0 radical (unpaired) electrons. The van der Waals surface area contributed by atoms with Gasteiger partial charge < -0.3 is 29.4 Å². The zero-order valence-electron chi connectivity index (χ0n) is 29.8. The van der Waals surface area contributed by atoms with E-state index in [1.54, 1.807) is 29.3 Å². The van der Waals surface area contributed by atoms with Crippen LogP contribution in [0.2, 0.25) is 0 Å². The maximum atomic E-state index is 13.6. The van der Waals surface area contributed by atoms with Crippen molar-refractivity contribution in [1.82, 2.24) is 25.4 Å². The fourth-order valence-electron chi connectivity index (χ4n) is 6.60. The lowest BCUT2D eigenvalue weighted by Gasteiger charge is -2.26. The Morgan fingerprint density at radius 3 is 2.63 bits per heavy atom. The summed E-state index contributed by atoms with van der Waals surface area (Å²) in [6, 6.07) is 18.7. The Balaban J connectivity index is 1.03. The number of nitrogens with zero attached hydrogens (tertiary/aromatic N) is 3. The predicted molar refractivity (Wildman–Crippen MR) is 196 cm³/mol. The molecule has 12 heteroatoms. The summed E-state index contributed by atoms with van der Waals surface area (Å²) in [6.07, 6.45) is 3.19. The first kappa shape index (κ1) is 36.7. The van der Waals surface area contributed by atoms with Crippen molar-refractivity contribution in [3.05, 3.63) is 84.3 Å². The summed E-state index contributed by atoms with van der Waals surface area (Å²) in [4.78, 5) is 61.9. The van der Waals surface area contributed by atoms with Crippen molar-refractivity contribution in [1.29, 1.82) is 0 Å². The second kappa shape index (κ2) is 17.4. The number of ether oxygens (including phenoxy) is 2. The number of benzene rings is 2. The van der Waals surface area contributed by atoms with Crippen molar-refractivity contribution in [3.63, 3.8) is 0 Å². The van der Waals surface area contributed by atoms with E-state index in [9.17, 15) is 19.2 Å². The molecule has 2 aromatic carbocycles. The highest BCUT2D eigenvalue weighted by Crippen LogP contribution is 2.25. The van der Waals surface area contributed by atoms with E-state index in [1.807, 2.05) is 62.4 Å². The molecule has 0 unspecified atom stereocenters. The Bertz CT molecular complexity index is 1850. The van der Waals surface area contributed by atoms with Crippen molar-refractivity contribution in [2.75, 3.05) is 52.5 Å². The van der Waals surface area contributed by atoms with Gasteiger partial charge in [0, 0.05) is 43.3 Å². The number of rotatable bonds is 13. The standard InChI is InChI=1S/C40H47N5O7/c1-27(2)21-34(43-40(49)37-25-30-24-31(11-12-36(30)52-37)51-20-17-44-15-18-50-19-16-44)39(48)42-33-10-6-14-45(26-35(33)46)38(47)23-28-7-5-8-29(22-28)32-9-3-4-13-41-32/h3-5,7-9,11-13,22,24-25,27,33-34H,6,10,14-21,23,26H2,1-2H3,(H,42,48)(H,43,49)/t33-,34+/m1/s1. The van der Waals surface area contributed by atoms with Crippen LogP contribution in [0.4, 0.5) is 0 Å². The van der Waals surface area contributed by atoms with Crippen LogP contribution >= 0.6 is 0 Å². The van der Waals surface area contributed by atoms with E-state index in [2.05, 4.69) is 20.5 Å². The molecule has 6 rings (SSSR count). The second-order valence-electron chi connectivity index (χ2n) is 13.8. The third-order valence-electron chi connectivity index (χ3n) is 9.39. The SMILES string of the molecule is CC(C)C[C@H](NC(=O)c1cc2cc(OCCN3CCOCC3)ccc2o1)C(=O)N[C@@H]1CCCN(C(=O)Cc2cccc(-c3ccccn3)c2)CC1=O. The number of fused-ring (bicyclic) bond motifs is 1. The Hall–Kier alpha value is -5.07. The van der Waals surface area contributed by atoms with Crippen LogP contribution in [0.1, 0.15) is 49.2 Å². The molecule has 2 atom stereocenters. The lowest BCUT2D eigenvalue weighted by Crippen LogP contribution is -2.52. The van der Waals surface area contributed by atoms with E-state index in [-0.39, 0.29) is 36.3 Å². The van der Waals surface area contributed by atoms with Gasteiger partial charge in [-0.15, -0.1) is 0 Å². The monoisotopic (exact) mass is 709 g/mol. The van der Waals surface area contributed by atoms with Crippen LogP contribution in [-0.2, 0) is 25.5 Å². The fraction of sp³-hybridized carbons (Fsp3) is 0.425. The van der Waals surface area contributed by atoms with Gasteiger partial charge in [-0.2, -0.15) is 0 Å². The van der Waals surface area contributed by atoms with Gasteiger partial charge in [-0.3, -0.25) is 29.1 Å². The van der Waals surface area contributed by atoms with E-state index in [1.165, 1.54) is 0 Å². The van der Waals surface area contributed by atoms with Crippen LogP contribution < -0.4 is 15.4 Å². The van der Waals surface area contributed by atoms with Gasteiger partial charge in [-0.05, 0) is 73.2 Å². The van der Waals surface area contributed by atoms with E-state index >= 15 is 0 Å². The normalized spacial score (nSPS) is 17.5. The predicted octanol–water partition coefficient (Wildman–Crippen LogP) is 4.27. The molecule has 4 aromatic rings. The lowest BCUT2D eigenvalue weighted by molar-refractivity contribution is -0.135. The molecular weight excluding hydrogens is 662 g/mol. The van der Waals surface area contributed by atoms with Crippen molar-refractivity contribution >= 4 is 34.5 Å². The quantitative estimate of drug-likeness (QED) is 0.208. The molecule has 52 heavy (non-hydrogen) atoms. The third-order valence-corrected chi connectivity index (χ3v) is 9.39. The van der Waals surface area contributed by atoms with Gasteiger partial charge in [0.2, 0.25) is 11.8 Å². The van der Waals surface area contributed by atoms with Gasteiger partial charge in [0.1, 0.15) is 24.0 Å². The number of hydrogen-bond acceptors (Lipinski definition) is 9. The van der Waals surface area contributed by atoms with E-state index < -0.39 is 23.9 Å². The number of hydrogen-bond donors (Lipinski definition) is 2. The van der Waals surface area contributed by atoms with E-state index in [0.29, 0.717) is 49.1 Å². The van der Waals surface area contributed by atoms with Gasteiger partial charge >= 0.3 is 0 Å². The van der Waals surface area contributed by atoms with Crippen molar-refractivity contribution in [3.8, 4) is 17.0 Å². The Morgan fingerprint density at radius 2 is 1.85 bits per heavy atom. The number of ketones is 1. The summed E-state index contributed by atoms with van der Waals surface area (Å²) in [5.74, 6) is -0.530. The number of morpholine rings is 1. The summed E-state index contributed by atoms with van der Waals surface area (Å²) in [5.41, 5.74) is 3.09. The molecular formula is C40H47N5O7. The first-order valence-corrected chi connectivity index (χ1v) is 18.1. The average Bonchev–Trinajstić information content (AvgIpc) is 3.49. The molecule has 2 aliphatic rings. The number of nitrogens with one attached hydrogen (secondary N) is 2. The number of Topliss-reactive ketones (excluding diaryl/α,β-unsaturated/α-hetero) is 1. The van der Waals surface area contributed by atoms with Gasteiger partial charge in [0.25, 0.3) is 5.91 Å². The summed E-state index contributed by atoms with van der Waals surface area (Å²) in [5, 5.41) is 6.42. The highest BCUT2D eigenvalue weighted by molar-refractivity contribution is 6.00. The molecule has 2 aromatic heterocycles. The number of amides is 3. The average molecular weight is 710 g/mol. The van der Waals surface area contributed by atoms with Crippen molar-refractivity contribution < 1.29 is 33.1 Å². The highest BCUT2D eigenvalue weighted by Gasteiger charge is 2.32. The highest BCUT2D eigenvalue weighted by atomic mass is 16.5. The van der Waals surface area contributed by atoms with Crippen LogP contribution in [0.5, 0.6) is 5.75 Å². The van der Waals surface area contributed by atoms with Gasteiger partial charge in [0.15, 0.2) is 11.5 Å². The topological polar surface area (TPSA) is 143 Å². The van der Waals surface area contributed by atoms with Crippen LogP contribution in [-0.4, -0.2) is 103 Å². The number of furan rings is 1. The van der Waals surface area contributed by atoms with Crippen LogP contribution in [0.25, 0.3) is 22.2 Å². The molecule has 3 amide bonds. The first-order valence-electron chi connectivity index (χ1n) is 18.1. The Morgan fingerprint density at radius 1 is 1.00 bits per heavy atom. The summed E-state index contributed by atoms with van der Waals surface area (Å²) >= 11 is 0. The molecule has 274 valence electrons. The number of aromatic nitrogens is 1. The van der Waals surface area contributed by atoms with Crippen LogP contribution in [0.15, 0.2) is 77.3 Å². The number of pyridine rings is 1. The zero-order chi connectivity index (χ0) is 36.5. The second-order valence-corrected chi connectivity index (χ2v) is 13.8. The molecule has 2 N–H and O–H groups in total. The largest absolute Gasteiger partial charge is 0.492 e. The van der Waals surface area contributed by atoms with Gasteiger partial charge in [-0.25, -0.2) is 0 Å². The summed E-state index contributed by atoms with van der Waals surface area (Å²) in [7, 11) is 0. The van der Waals surface area contributed by atoms with Crippen LogP contribution in [0.3, 0.4) is 0 Å². The van der Waals surface area contributed by atoms with Crippen molar-refractivity contribution in [2.45, 2.75) is 51.6 Å². The van der Waals surface area contributed by atoms with Gasteiger partial charge in [0.05, 0.1) is 37.9 Å². The van der Waals surface area contributed by atoms with E-state index in [4.69, 9.17) is 13.9 Å². The Labute approximate surface area is 303 Å². The first-order chi connectivity index (χ1) is 25.2. The maximum absolute atomic E-state index is 13.6. The molecule has 0 bridgehead atoms. The van der Waals surface area contributed by atoms with Gasteiger partial charge in [-0.1, -0.05) is 38.1 Å². The molecule has 12 nitrogen and oxygen atoms in total. The molecule has 2 aliphatic heterocycles. The zero-order valence-corrected chi connectivity index (χ0v) is 29.8. The molecule has 2 saturated heterocycles. The summed E-state index contributed by atoms with van der Waals surface area (Å²) in [6.45, 7) is 8.80. The smallest absolute Gasteiger partial charge is 0.287 e. The Kier molecular flexibility index (Phi) is 12.3.